The van der Waals surface area contributed by atoms with Gasteiger partial charge in [-0.05, 0) is 29.8 Å². The van der Waals surface area contributed by atoms with Crippen molar-refractivity contribution < 1.29 is 14.0 Å². The second kappa shape index (κ2) is 9.22. The summed E-state index contributed by atoms with van der Waals surface area (Å²) in [7, 11) is 0. The van der Waals surface area contributed by atoms with Crippen molar-refractivity contribution in [3.05, 3.63) is 84.3 Å². The lowest BCUT2D eigenvalue weighted by Crippen LogP contribution is -2.52. The summed E-state index contributed by atoms with van der Waals surface area (Å²) >= 11 is 1.80. The number of rotatable bonds is 4. The summed E-state index contributed by atoms with van der Waals surface area (Å²) in [6, 6.07) is 21.8. The number of para-hydroxylation sites is 1. The number of amides is 2. The van der Waals surface area contributed by atoms with E-state index in [-0.39, 0.29) is 17.9 Å². The van der Waals surface area contributed by atoms with Gasteiger partial charge in [-0.15, -0.1) is 11.8 Å². The van der Waals surface area contributed by atoms with Gasteiger partial charge in [0.15, 0.2) is 5.76 Å². The van der Waals surface area contributed by atoms with Gasteiger partial charge >= 0.3 is 0 Å². The van der Waals surface area contributed by atoms with Gasteiger partial charge in [0.2, 0.25) is 5.91 Å². The molecule has 32 heavy (non-hydrogen) atoms. The first-order valence-electron chi connectivity index (χ1n) is 10.8. The molecule has 1 atom stereocenters. The standard InChI is InChI=1S/C25H25N3O3S/c29-24(17-26-12-14-27(15-13-26)25(30)22-10-6-16-31-22)28-20-9-4-5-11-23(20)32-18-21(28)19-7-2-1-3-8-19/h1-11,16,21H,12-15,17-18H2/t21-/m0/s1. The minimum Gasteiger partial charge on any atom is -0.459 e. The maximum Gasteiger partial charge on any atom is 0.289 e. The first-order valence-corrected chi connectivity index (χ1v) is 11.8. The smallest absolute Gasteiger partial charge is 0.289 e. The summed E-state index contributed by atoms with van der Waals surface area (Å²) in [4.78, 5) is 33.1. The van der Waals surface area contributed by atoms with Crippen LogP contribution in [0, 0.1) is 0 Å². The van der Waals surface area contributed by atoms with E-state index < -0.39 is 0 Å². The summed E-state index contributed by atoms with van der Waals surface area (Å²) in [5, 5.41) is 0. The zero-order valence-corrected chi connectivity index (χ0v) is 18.5. The number of nitrogens with zero attached hydrogens (tertiary/aromatic N) is 3. The van der Waals surface area contributed by atoms with E-state index in [1.54, 1.807) is 28.8 Å². The van der Waals surface area contributed by atoms with E-state index in [0.717, 1.165) is 21.9 Å². The molecule has 0 unspecified atom stereocenters. The largest absolute Gasteiger partial charge is 0.459 e. The van der Waals surface area contributed by atoms with Crippen LogP contribution in [-0.4, -0.2) is 60.1 Å². The molecular weight excluding hydrogens is 422 g/mol. The molecule has 0 bridgehead atoms. The molecule has 0 saturated carbocycles. The van der Waals surface area contributed by atoms with E-state index in [0.29, 0.717) is 38.5 Å². The highest BCUT2D eigenvalue weighted by molar-refractivity contribution is 7.99. The highest BCUT2D eigenvalue weighted by Crippen LogP contribution is 2.43. The number of benzene rings is 2. The average molecular weight is 448 g/mol. The van der Waals surface area contributed by atoms with Crippen LogP contribution < -0.4 is 4.90 Å². The molecule has 1 fully saturated rings. The Balaban J connectivity index is 1.30. The maximum atomic E-state index is 13.6. The highest BCUT2D eigenvalue weighted by atomic mass is 32.2. The third-order valence-electron chi connectivity index (χ3n) is 6.04. The van der Waals surface area contributed by atoms with Gasteiger partial charge < -0.3 is 14.2 Å². The van der Waals surface area contributed by atoms with Crippen molar-refractivity contribution in [3.63, 3.8) is 0 Å². The van der Waals surface area contributed by atoms with Crippen molar-refractivity contribution in [1.82, 2.24) is 9.80 Å². The molecule has 2 aromatic carbocycles. The predicted octanol–water partition coefficient (Wildman–Crippen LogP) is 3.92. The molecule has 1 saturated heterocycles. The Morgan fingerprint density at radius 1 is 0.906 bits per heavy atom. The minimum absolute atomic E-state index is 0.00502. The Kier molecular flexibility index (Phi) is 6.01. The van der Waals surface area contributed by atoms with Crippen molar-refractivity contribution in [3.8, 4) is 0 Å². The monoisotopic (exact) mass is 447 g/mol. The minimum atomic E-state index is -0.0906. The topological polar surface area (TPSA) is 57.0 Å². The molecule has 5 rings (SSSR count). The Morgan fingerprint density at radius 2 is 1.66 bits per heavy atom. The first kappa shape index (κ1) is 20.8. The van der Waals surface area contributed by atoms with Crippen LogP contribution in [-0.2, 0) is 4.79 Å². The Labute approximate surface area is 191 Å². The van der Waals surface area contributed by atoms with Gasteiger partial charge in [-0.25, -0.2) is 0 Å². The van der Waals surface area contributed by atoms with E-state index in [9.17, 15) is 9.59 Å². The molecule has 6 nitrogen and oxygen atoms in total. The maximum absolute atomic E-state index is 13.6. The Morgan fingerprint density at radius 3 is 2.41 bits per heavy atom. The molecule has 0 N–H and O–H groups in total. The van der Waals surface area contributed by atoms with Crippen molar-refractivity contribution >= 4 is 29.3 Å². The van der Waals surface area contributed by atoms with Gasteiger partial charge in [0.1, 0.15) is 0 Å². The normalized spacial score (nSPS) is 18.9. The zero-order chi connectivity index (χ0) is 21.9. The van der Waals surface area contributed by atoms with Gasteiger partial charge in [0.05, 0.1) is 24.5 Å². The Bertz CT molecular complexity index is 1080. The van der Waals surface area contributed by atoms with Crippen LogP contribution in [0.3, 0.4) is 0 Å². The molecule has 0 spiro atoms. The molecule has 7 heteroatoms. The summed E-state index contributed by atoms with van der Waals surface area (Å²) in [6.07, 6.45) is 1.51. The molecular formula is C25H25N3O3S. The fraction of sp³-hybridized carbons (Fsp3) is 0.280. The third-order valence-corrected chi connectivity index (χ3v) is 7.18. The Hall–Kier alpha value is -3.03. The summed E-state index contributed by atoms with van der Waals surface area (Å²) in [6.45, 7) is 2.84. The third kappa shape index (κ3) is 4.18. The molecule has 3 heterocycles. The van der Waals surface area contributed by atoms with Crippen LogP contribution in [0.25, 0.3) is 0 Å². The number of fused-ring (bicyclic) bond motifs is 1. The van der Waals surface area contributed by atoms with E-state index in [1.807, 2.05) is 41.3 Å². The summed E-state index contributed by atoms with van der Waals surface area (Å²) < 4.78 is 5.24. The van der Waals surface area contributed by atoms with Gasteiger partial charge in [0, 0.05) is 36.8 Å². The fourth-order valence-corrected chi connectivity index (χ4v) is 5.52. The summed E-state index contributed by atoms with van der Waals surface area (Å²) in [5.74, 6) is 1.20. The first-order chi connectivity index (χ1) is 15.7. The molecule has 164 valence electrons. The predicted molar refractivity (Wildman–Crippen MR) is 125 cm³/mol. The number of thioether (sulfide) groups is 1. The number of furan rings is 1. The lowest BCUT2D eigenvalue weighted by atomic mass is 10.1. The second-order valence-corrected chi connectivity index (χ2v) is 9.08. The number of carbonyl (C=O) groups excluding carboxylic acids is 2. The molecule has 0 radical (unpaired) electrons. The van der Waals surface area contributed by atoms with Gasteiger partial charge in [-0.3, -0.25) is 14.5 Å². The van der Waals surface area contributed by atoms with Crippen LogP contribution in [0.4, 0.5) is 5.69 Å². The lowest BCUT2D eigenvalue weighted by Gasteiger charge is -2.39. The quantitative estimate of drug-likeness (QED) is 0.607. The molecule has 2 amide bonds. The van der Waals surface area contributed by atoms with Gasteiger partial charge in [0.25, 0.3) is 5.91 Å². The van der Waals surface area contributed by atoms with Crippen molar-refractivity contribution in [2.45, 2.75) is 10.9 Å². The molecule has 2 aliphatic heterocycles. The SMILES string of the molecule is O=C(c1ccco1)N1CCN(CC(=O)N2c3ccccc3SC[C@H]2c2ccccc2)CC1. The number of piperazine rings is 1. The highest BCUT2D eigenvalue weighted by Gasteiger charge is 2.34. The molecule has 3 aromatic rings. The van der Waals surface area contributed by atoms with E-state index in [4.69, 9.17) is 4.42 Å². The molecule has 1 aromatic heterocycles. The van der Waals surface area contributed by atoms with Crippen LogP contribution in [0.15, 0.2) is 82.3 Å². The fourth-order valence-electron chi connectivity index (χ4n) is 4.35. The van der Waals surface area contributed by atoms with E-state index in [1.165, 1.54) is 6.26 Å². The van der Waals surface area contributed by atoms with E-state index in [2.05, 4.69) is 23.1 Å². The van der Waals surface area contributed by atoms with Crippen molar-refractivity contribution in [1.29, 1.82) is 0 Å². The van der Waals surface area contributed by atoms with Gasteiger partial charge in [-0.2, -0.15) is 0 Å². The van der Waals surface area contributed by atoms with Crippen molar-refractivity contribution in [2.24, 2.45) is 0 Å². The number of hydrogen-bond donors (Lipinski definition) is 0. The van der Waals surface area contributed by atoms with Crippen molar-refractivity contribution in [2.75, 3.05) is 43.4 Å². The van der Waals surface area contributed by atoms with Gasteiger partial charge in [-0.1, -0.05) is 42.5 Å². The van der Waals surface area contributed by atoms with Crippen LogP contribution in [0.5, 0.6) is 0 Å². The average Bonchev–Trinajstić information content (AvgIpc) is 3.39. The second-order valence-electron chi connectivity index (χ2n) is 8.01. The van der Waals surface area contributed by atoms with E-state index >= 15 is 0 Å². The number of hydrogen-bond acceptors (Lipinski definition) is 5. The number of carbonyl (C=O) groups is 2. The number of anilines is 1. The van der Waals surface area contributed by atoms with Crippen LogP contribution in [0.2, 0.25) is 0 Å². The lowest BCUT2D eigenvalue weighted by molar-refractivity contribution is -0.120. The summed E-state index contributed by atoms with van der Waals surface area (Å²) in [5.41, 5.74) is 2.13. The molecule has 2 aliphatic rings. The van der Waals surface area contributed by atoms with Crippen LogP contribution >= 0.6 is 11.8 Å². The zero-order valence-electron chi connectivity index (χ0n) is 17.7. The van der Waals surface area contributed by atoms with Crippen LogP contribution in [0.1, 0.15) is 22.2 Å². The molecule has 0 aliphatic carbocycles.